The van der Waals surface area contributed by atoms with Crippen LogP contribution in [0.3, 0.4) is 0 Å². The first-order valence-corrected chi connectivity index (χ1v) is 14.6. The quantitative estimate of drug-likeness (QED) is 0.158. The van der Waals surface area contributed by atoms with Gasteiger partial charge in [-0.3, -0.25) is 10.1 Å². The Kier molecular flexibility index (Phi) is 7.82. The summed E-state index contributed by atoms with van der Waals surface area (Å²) in [5.41, 5.74) is 7.86. The van der Waals surface area contributed by atoms with Gasteiger partial charge in [-0.05, 0) is 55.2 Å². The molecule has 0 atom stereocenters. The maximum atomic E-state index is 14.6. The van der Waals surface area contributed by atoms with Crippen molar-refractivity contribution < 1.29 is 4.39 Å². The van der Waals surface area contributed by atoms with Gasteiger partial charge in [0.1, 0.15) is 11.5 Å². The molecule has 212 valence electrons. The van der Waals surface area contributed by atoms with Gasteiger partial charge in [-0.25, -0.2) is 9.37 Å². The van der Waals surface area contributed by atoms with E-state index in [-0.39, 0.29) is 5.82 Å². The standard InChI is InChI=1S/C35H35FN6/c1-4-24(19-25(5-2)38-22(3)18-23-12-7-6-8-13-23)31-20-28-32(21-37-31)41-42-34(28)35-39-30-17-11-15-27(33(30)40-35)26-14-9-10-16-29(26)36/h4-5,9-11,14-17,19-21,23,38H,2-3,6-8,12-13,18H2,1H3,(H,39,40)(H,41,42)/b24-4+,25-19+. The number of benzene rings is 2. The van der Waals surface area contributed by atoms with Crippen LogP contribution in [0.1, 0.15) is 51.1 Å². The number of rotatable bonds is 9. The molecule has 5 aromatic rings. The zero-order chi connectivity index (χ0) is 29.1. The van der Waals surface area contributed by atoms with E-state index in [9.17, 15) is 4.39 Å². The van der Waals surface area contributed by atoms with Crippen LogP contribution in [0, 0.1) is 11.7 Å². The van der Waals surface area contributed by atoms with Crippen molar-refractivity contribution in [2.24, 2.45) is 5.92 Å². The monoisotopic (exact) mass is 558 g/mol. The summed E-state index contributed by atoms with van der Waals surface area (Å²) in [7, 11) is 0. The van der Waals surface area contributed by atoms with Gasteiger partial charge in [0.15, 0.2) is 5.82 Å². The molecule has 0 spiro atoms. The first kappa shape index (κ1) is 27.4. The summed E-state index contributed by atoms with van der Waals surface area (Å²) in [6.45, 7) is 10.3. The lowest BCUT2D eigenvalue weighted by atomic mass is 9.86. The highest BCUT2D eigenvalue weighted by Gasteiger charge is 2.18. The molecule has 1 fully saturated rings. The van der Waals surface area contributed by atoms with Gasteiger partial charge in [0.2, 0.25) is 0 Å². The van der Waals surface area contributed by atoms with E-state index < -0.39 is 0 Å². The molecule has 7 heteroatoms. The number of pyridine rings is 1. The van der Waals surface area contributed by atoms with Crippen molar-refractivity contribution in [3.05, 3.63) is 109 Å². The van der Waals surface area contributed by atoms with Gasteiger partial charge in [-0.15, -0.1) is 0 Å². The van der Waals surface area contributed by atoms with E-state index in [1.807, 2.05) is 49.4 Å². The molecule has 1 saturated carbocycles. The Morgan fingerprint density at radius 3 is 2.67 bits per heavy atom. The van der Waals surface area contributed by atoms with Crippen molar-refractivity contribution in [1.82, 2.24) is 30.5 Å². The number of aromatic amines is 2. The van der Waals surface area contributed by atoms with Crippen LogP contribution in [0.5, 0.6) is 0 Å². The number of nitrogens with zero attached hydrogens (tertiary/aromatic N) is 3. The van der Waals surface area contributed by atoms with Gasteiger partial charge in [0, 0.05) is 27.9 Å². The Hall–Kier alpha value is -4.78. The van der Waals surface area contributed by atoms with Gasteiger partial charge >= 0.3 is 0 Å². The largest absolute Gasteiger partial charge is 0.359 e. The van der Waals surface area contributed by atoms with Gasteiger partial charge in [-0.1, -0.05) is 81.7 Å². The number of aromatic nitrogens is 5. The summed E-state index contributed by atoms with van der Waals surface area (Å²) in [6.07, 6.45) is 15.2. The molecule has 0 bridgehead atoms. The summed E-state index contributed by atoms with van der Waals surface area (Å²) in [5, 5.41) is 12.0. The molecule has 0 radical (unpaired) electrons. The van der Waals surface area contributed by atoms with Crippen LogP contribution in [0.4, 0.5) is 4.39 Å². The Balaban J connectivity index is 1.31. The van der Waals surface area contributed by atoms with E-state index in [1.165, 1.54) is 38.2 Å². The normalized spacial score (nSPS) is 14.9. The predicted octanol–water partition coefficient (Wildman–Crippen LogP) is 8.85. The fraction of sp³-hybridized carbons (Fsp3) is 0.229. The molecular weight excluding hydrogens is 523 g/mol. The van der Waals surface area contributed by atoms with Crippen LogP contribution < -0.4 is 5.32 Å². The number of nitrogens with one attached hydrogen (secondary N) is 3. The molecule has 1 aliphatic rings. The summed E-state index contributed by atoms with van der Waals surface area (Å²) in [5.74, 6) is 1.02. The van der Waals surface area contributed by atoms with Gasteiger partial charge in [0.05, 0.1) is 28.4 Å². The average molecular weight is 559 g/mol. The molecule has 2 aromatic carbocycles. The minimum atomic E-state index is -0.284. The van der Waals surface area contributed by atoms with Crippen molar-refractivity contribution >= 4 is 27.5 Å². The Bertz CT molecular complexity index is 1830. The molecule has 1 aliphatic carbocycles. The SMILES string of the molecule is C=C/C(=C\C(=C/C)c1cc2c(-c3nc4c(-c5ccccc5F)cccc4[nH]3)n[nH]c2cn1)NC(=C)CC1CCCCC1. The number of hydrogen-bond donors (Lipinski definition) is 3. The number of halogens is 1. The van der Waals surface area contributed by atoms with Crippen molar-refractivity contribution in [3.63, 3.8) is 0 Å². The third-order valence-electron chi connectivity index (χ3n) is 8.07. The lowest BCUT2D eigenvalue weighted by Gasteiger charge is -2.23. The van der Waals surface area contributed by atoms with Crippen LogP contribution in [-0.2, 0) is 0 Å². The Morgan fingerprint density at radius 1 is 1.07 bits per heavy atom. The number of fused-ring (bicyclic) bond motifs is 2. The maximum absolute atomic E-state index is 14.6. The molecule has 0 saturated heterocycles. The van der Waals surface area contributed by atoms with Crippen LogP contribution >= 0.6 is 0 Å². The smallest absolute Gasteiger partial charge is 0.159 e. The molecule has 42 heavy (non-hydrogen) atoms. The van der Waals surface area contributed by atoms with E-state index in [4.69, 9.17) is 9.97 Å². The number of hydrogen-bond acceptors (Lipinski definition) is 4. The van der Waals surface area contributed by atoms with Crippen LogP contribution in [0.25, 0.3) is 50.2 Å². The molecule has 3 N–H and O–H groups in total. The molecule has 6 rings (SSSR count). The first-order chi connectivity index (χ1) is 20.5. The molecular formula is C35H35FN6. The lowest BCUT2D eigenvalue weighted by molar-refractivity contribution is 0.353. The average Bonchev–Trinajstić information content (AvgIpc) is 3.64. The minimum Gasteiger partial charge on any atom is -0.359 e. The van der Waals surface area contributed by atoms with Crippen LogP contribution in [0.15, 0.2) is 97.5 Å². The highest BCUT2D eigenvalue weighted by atomic mass is 19.1. The number of allylic oxidation sites excluding steroid dienone is 5. The molecule has 6 nitrogen and oxygen atoms in total. The van der Waals surface area contributed by atoms with Gasteiger partial charge in [0.25, 0.3) is 0 Å². The number of para-hydroxylation sites is 1. The second-order valence-corrected chi connectivity index (χ2v) is 10.9. The summed E-state index contributed by atoms with van der Waals surface area (Å²) in [6, 6.07) is 14.5. The highest BCUT2D eigenvalue weighted by molar-refractivity contribution is 5.97. The minimum absolute atomic E-state index is 0.284. The van der Waals surface area contributed by atoms with E-state index in [0.29, 0.717) is 28.5 Å². The number of H-pyrrole nitrogens is 2. The number of imidazole rings is 1. The Morgan fingerprint density at radius 2 is 1.88 bits per heavy atom. The topological polar surface area (TPSA) is 82.3 Å². The van der Waals surface area contributed by atoms with E-state index in [2.05, 4.69) is 39.7 Å². The summed E-state index contributed by atoms with van der Waals surface area (Å²) < 4.78 is 14.6. The Labute approximate surface area is 245 Å². The third-order valence-corrected chi connectivity index (χ3v) is 8.07. The fourth-order valence-corrected chi connectivity index (χ4v) is 5.91. The molecule has 3 aromatic heterocycles. The van der Waals surface area contributed by atoms with Gasteiger partial charge in [-0.2, -0.15) is 5.10 Å². The zero-order valence-electron chi connectivity index (χ0n) is 23.9. The first-order valence-electron chi connectivity index (χ1n) is 14.6. The fourth-order valence-electron chi connectivity index (χ4n) is 5.91. The van der Waals surface area contributed by atoms with Crippen molar-refractivity contribution in [2.45, 2.75) is 45.4 Å². The molecule has 0 amide bonds. The lowest BCUT2D eigenvalue weighted by Crippen LogP contribution is -2.16. The maximum Gasteiger partial charge on any atom is 0.159 e. The van der Waals surface area contributed by atoms with Crippen molar-refractivity contribution in [3.8, 4) is 22.6 Å². The van der Waals surface area contributed by atoms with E-state index in [0.717, 1.165) is 51.1 Å². The van der Waals surface area contributed by atoms with Crippen molar-refractivity contribution in [1.29, 1.82) is 0 Å². The molecule has 0 aliphatic heterocycles. The van der Waals surface area contributed by atoms with Crippen molar-refractivity contribution in [2.75, 3.05) is 0 Å². The predicted molar refractivity (Wildman–Crippen MR) is 170 cm³/mol. The zero-order valence-corrected chi connectivity index (χ0v) is 23.9. The van der Waals surface area contributed by atoms with Crippen LogP contribution in [-0.4, -0.2) is 25.1 Å². The third kappa shape index (κ3) is 5.55. The molecule has 0 unspecified atom stereocenters. The second-order valence-electron chi connectivity index (χ2n) is 10.9. The summed E-state index contributed by atoms with van der Waals surface area (Å²) >= 11 is 0. The summed E-state index contributed by atoms with van der Waals surface area (Å²) in [4.78, 5) is 13.0. The van der Waals surface area contributed by atoms with E-state index >= 15 is 0 Å². The van der Waals surface area contributed by atoms with Gasteiger partial charge < -0.3 is 10.3 Å². The van der Waals surface area contributed by atoms with E-state index in [1.54, 1.807) is 18.3 Å². The van der Waals surface area contributed by atoms with Crippen LogP contribution in [0.2, 0.25) is 0 Å². The second kappa shape index (κ2) is 12.0. The molecule has 3 heterocycles. The highest BCUT2D eigenvalue weighted by Crippen LogP contribution is 2.33.